The number of halogens is 3. The Labute approximate surface area is 195 Å². The Balaban J connectivity index is 0.000000383. The predicted molar refractivity (Wildman–Crippen MR) is 124 cm³/mol. The summed E-state index contributed by atoms with van der Waals surface area (Å²) < 4.78 is 31.7. The lowest BCUT2D eigenvalue weighted by atomic mass is 9.99. The van der Waals surface area contributed by atoms with Crippen LogP contribution in [0.5, 0.6) is 5.75 Å². The molecular formula is C21H21F3N4O3S2. The summed E-state index contributed by atoms with van der Waals surface area (Å²) in [6.07, 6.45) is -3.35. The third-order valence-electron chi connectivity index (χ3n) is 4.58. The Kier molecular flexibility index (Phi) is 7.61. The Morgan fingerprint density at radius 1 is 1.15 bits per heavy atom. The van der Waals surface area contributed by atoms with Gasteiger partial charge >= 0.3 is 12.1 Å². The number of para-hydroxylation sites is 2. The number of benzene rings is 1. The zero-order valence-corrected chi connectivity index (χ0v) is 18.9. The number of phenolic OH excluding ortho intramolecular Hbond substituents is 1. The number of aliphatic carboxylic acids is 1. The summed E-state index contributed by atoms with van der Waals surface area (Å²) in [5, 5.41) is 31.8. The van der Waals surface area contributed by atoms with Crippen LogP contribution in [0.1, 0.15) is 22.2 Å². The maximum Gasteiger partial charge on any atom is 0.490 e. The van der Waals surface area contributed by atoms with Gasteiger partial charge in [-0.1, -0.05) is 19.1 Å². The Morgan fingerprint density at radius 3 is 2.48 bits per heavy atom. The second-order valence-electron chi connectivity index (χ2n) is 6.78. The fourth-order valence-electron chi connectivity index (χ4n) is 3.09. The van der Waals surface area contributed by atoms with E-state index in [4.69, 9.17) is 14.9 Å². The predicted octanol–water partition coefficient (Wildman–Crippen LogP) is 5.03. The summed E-state index contributed by atoms with van der Waals surface area (Å²) in [6, 6.07) is 11.5. The number of carbonyl (C=O) groups is 1. The first-order valence-electron chi connectivity index (χ1n) is 9.71. The van der Waals surface area contributed by atoms with Crippen molar-refractivity contribution >= 4 is 46.4 Å². The zero-order chi connectivity index (χ0) is 24.1. The summed E-state index contributed by atoms with van der Waals surface area (Å²) in [5.74, 6) is -2.55. The van der Waals surface area contributed by atoms with Gasteiger partial charge in [0.05, 0.1) is 27.5 Å². The molecule has 0 saturated heterocycles. The van der Waals surface area contributed by atoms with Crippen LogP contribution >= 0.6 is 22.7 Å². The van der Waals surface area contributed by atoms with Crippen LogP contribution in [0.4, 0.5) is 24.5 Å². The molecule has 2 aromatic heterocycles. The Bertz CT molecular complexity index is 1130. The molecule has 3 aromatic rings. The first-order valence-corrected chi connectivity index (χ1v) is 11.5. The SMILES string of the molecule is CCNCc1ccsc1C1(Nc2ccccc2O)N=CNc2ccsc21.O=C(O)C(F)(F)F. The normalized spacial score (nSPS) is 16.8. The lowest BCUT2D eigenvalue weighted by Gasteiger charge is -2.34. The van der Waals surface area contributed by atoms with Crippen LogP contribution in [-0.4, -0.2) is 35.2 Å². The molecule has 0 spiro atoms. The molecule has 33 heavy (non-hydrogen) atoms. The molecule has 0 radical (unpaired) electrons. The molecule has 3 heterocycles. The van der Waals surface area contributed by atoms with Crippen molar-refractivity contribution in [2.75, 3.05) is 17.2 Å². The fourth-order valence-corrected chi connectivity index (χ4v) is 5.17. The van der Waals surface area contributed by atoms with Crippen molar-refractivity contribution < 1.29 is 28.2 Å². The number of anilines is 2. The van der Waals surface area contributed by atoms with Gasteiger partial charge in [0.2, 0.25) is 5.66 Å². The Hall–Kier alpha value is -3.09. The lowest BCUT2D eigenvalue weighted by molar-refractivity contribution is -0.192. The van der Waals surface area contributed by atoms with Gasteiger partial charge in [0.1, 0.15) is 5.75 Å². The number of carboxylic acid groups (broad SMARTS) is 1. The number of hydrogen-bond acceptors (Lipinski definition) is 8. The molecule has 0 aliphatic carbocycles. The van der Waals surface area contributed by atoms with Crippen molar-refractivity contribution in [3.05, 3.63) is 62.5 Å². The molecule has 1 aliphatic rings. The minimum absolute atomic E-state index is 0.212. The quantitative estimate of drug-likeness (QED) is 0.306. The van der Waals surface area contributed by atoms with Crippen molar-refractivity contribution in [1.29, 1.82) is 0 Å². The van der Waals surface area contributed by atoms with Gasteiger partial charge in [0.15, 0.2) is 0 Å². The van der Waals surface area contributed by atoms with Crippen LogP contribution in [0, 0.1) is 0 Å². The molecule has 1 atom stereocenters. The maximum atomic E-state index is 10.6. The van der Waals surface area contributed by atoms with Gasteiger partial charge in [-0.15, -0.1) is 22.7 Å². The summed E-state index contributed by atoms with van der Waals surface area (Å²) in [7, 11) is 0. The van der Waals surface area contributed by atoms with Gasteiger partial charge in [-0.05, 0) is 47.1 Å². The van der Waals surface area contributed by atoms with E-state index in [1.165, 1.54) is 5.56 Å². The van der Waals surface area contributed by atoms with Crippen molar-refractivity contribution in [1.82, 2.24) is 5.32 Å². The molecular weight excluding hydrogens is 477 g/mol. The van der Waals surface area contributed by atoms with Crippen LogP contribution in [-0.2, 0) is 17.0 Å². The summed E-state index contributed by atoms with van der Waals surface area (Å²) in [4.78, 5) is 16.0. The van der Waals surface area contributed by atoms with Gasteiger partial charge < -0.3 is 26.2 Å². The van der Waals surface area contributed by atoms with E-state index in [2.05, 4.69) is 45.8 Å². The molecule has 4 rings (SSSR count). The van der Waals surface area contributed by atoms with E-state index in [1.807, 2.05) is 18.2 Å². The third kappa shape index (κ3) is 5.46. The molecule has 0 saturated carbocycles. The van der Waals surface area contributed by atoms with Gasteiger partial charge in [0, 0.05) is 6.54 Å². The topological polar surface area (TPSA) is 106 Å². The highest BCUT2D eigenvalue weighted by molar-refractivity contribution is 7.12. The number of nitrogens with one attached hydrogen (secondary N) is 3. The molecule has 0 amide bonds. The van der Waals surface area contributed by atoms with E-state index in [0.717, 1.165) is 28.5 Å². The smallest absolute Gasteiger partial charge is 0.490 e. The largest absolute Gasteiger partial charge is 0.506 e. The Morgan fingerprint density at radius 2 is 1.82 bits per heavy atom. The van der Waals surface area contributed by atoms with Gasteiger partial charge in [-0.3, -0.25) is 0 Å². The number of nitrogens with zero attached hydrogens (tertiary/aromatic N) is 1. The number of fused-ring (bicyclic) bond motifs is 1. The number of carboxylic acids is 1. The maximum absolute atomic E-state index is 10.6. The number of aromatic hydroxyl groups is 1. The van der Waals surface area contributed by atoms with Crippen molar-refractivity contribution in [3.8, 4) is 5.75 Å². The highest BCUT2D eigenvalue weighted by Gasteiger charge is 2.42. The minimum atomic E-state index is -5.08. The molecule has 1 unspecified atom stereocenters. The second-order valence-corrected chi connectivity index (χ2v) is 8.61. The molecule has 176 valence electrons. The molecule has 1 aromatic carbocycles. The molecule has 5 N–H and O–H groups in total. The first kappa shape index (κ1) is 24.6. The van der Waals surface area contributed by atoms with Crippen LogP contribution in [0.15, 0.2) is 52.2 Å². The third-order valence-corrected chi connectivity index (χ3v) is 6.66. The fraction of sp³-hybridized carbons (Fsp3) is 0.238. The van der Waals surface area contributed by atoms with Crippen LogP contribution in [0.2, 0.25) is 0 Å². The molecule has 12 heteroatoms. The number of phenols is 1. The van der Waals surface area contributed by atoms with E-state index in [0.29, 0.717) is 5.69 Å². The average Bonchev–Trinajstić information content (AvgIpc) is 3.44. The summed E-state index contributed by atoms with van der Waals surface area (Å²) in [5.41, 5.74) is 2.15. The van der Waals surface area contributed by atoms with Gasteiger partial charge in [-0.25, -0.2) is 9.79 Å². The van der Waals surface area contributed by atoms with Gasteiger partial charge in [0.25, 0.3) is 0 Å². The number of alkyl halides is 3. The zero-order valence-electron chi connectivity index (χ0n) is 17.3. The lowest BCUT2D eigenvalue weighted by Crippen LogP contribution is -2.37. The monoisotopic (exact) mass is 498 g/mol. The summed E-state index contributed by atoms with van der Waals surface area (Å²) >= 11 is 3.33. The highest BCUT2D eigenvalue weighted by Crippen LogP contribution is 2.47. The molecule has 0 bridgehead atoms. The minimum Gasteiger partial charge on any atom is -0.506 e. The van der Waals surface area contributed by atoms with E-state index < -0.39 is 17.8 Å². The van der Waals surface area contributed by atoms with Crippen LogP contribution in [0.25, 0.3) is 0 Å². The standard InChI is InChI=1S/C19H20N4OS2.C2HF3O2/c1-2-20-11-13-7-9-25-17(13)19(23-14-5-3-4-6-16(14)24)18-15(8-10-26-18)21-12-22-19;3-2(4,5)1(6)7/h3-10,12,20,23-24H,2,11H2,1H3,(H,21,22);(H,6,7). The number of thiophene rings is 2. The van der Waals surface area contributed by atoms with E-state index in [-0.39, 0.29) is 5.75 Å². The highest BCUT2D eigenvalue weighted by atomic mass is 32.1. The van der Waals surface area contributed by atoms with Crippen molar-refractivity contribution in [2.24, 2.45) is 4.99 Å². The molecule has 1 aliphatic heterocycles. The number of aliphatic imine (C=N–C) groups is 1. The molecule has 7 nitrogen and oxygen atoms in total. The van der Waals surface area contributed by atoms with Crippen LogP contribution < -0.4 is 16.0 Å². The van der Waals surface area contributed by atoms with E-state index in [9.17, 15) is 18.3 Å². The summed E-state index contributed by atoms with van der Waals surface area (Å²) in [6.45, 7) is 3.79. The number of rotatable bonds is 6. The van der Waals surface area contributed by atoms with E-state index >= 15 is 0 Å². The van der Waals surface area contributed by atoms with Crippen molar-refractivity contribution in [3.63, 3.8) is 0 Å². The first-order chi connectivity index (χ1) is 15.7. The van der Waals surface area contributed by atoms with Crippen LogP contribution in [0.3, 0.4) is 0 Å². The second kappa shape index (κ2) is 10.2. The van der Waals surface area contributed by atoms with Gasteiger partial charge in [-0.2, -0.15) is 13.2 Å². The molecule has 0 fully saturated rings. The average molecular weight is 499 g/mol. The number of hydrogen-bond donors (Lipinski definition) is 5. The van der Waals surface area contributed by atoms with E-state index in [1.54, 1.807) is 35.1 Å². The van der Waals surface area contributed by atoms with Crippen molar-refractivity contribution in [2.45, 2.75) is 25.3 Å².